The summed E-state index contributed by atoms with van der Waals surface area (Å²) in [6.07, 6.45) is 7.10. The maximum atomic E-state index is 12.3. The van der Waals surface area contributed by atoms with Gasteiger partial charge in [0.25, 0.3) is 0 Å². The Labute approximate surface area is 128 Å². The Hall–Kier alpha value is -1.26. The number of carboxylic acids is 1. The molecule has 2 amide bonds. The predicted molar refractivity (Wildman–Crippen MR) is 83.3 cm³/mol. The topological polar surface area (TPSA) is 69.6 Å². The minimum absolute atomic E-state index is 0.100. The molecule has 0 saturated carbocycles. The molecule has 1 saturated heterocycles. The lowest BCUT2D eigenvalue weighted by Crippen LogP contribution is -2.54. The number of carbonyl (C=O) groups is 2. The van der Waals surface area contributed by atoms with Crippen LogP contribution in [0.1, 0.15) is 65.7 Å². The lowest BCUT2D eigenvalue weighted by molar-refractivity contribution is -0.143. The number of piperidine rings is 1. The van der Waals surface area contributed by atoms with Crippen LogP contribution in [0.15, 0.2) is 0 Å². The second-order valence-corrected chi connectivity index (χ2v) is 6.38. The third-order valence-electron chi connectivity index (χ3n) is 4.27. The Balaban J connectivity index is 2.43. The van der Waals surface area contributed by atoms with Gasteiger partial charge < -0.3 is 15.3 Å². The summed E-state index contributed by atoms with van der Waals surface area (Å²) in [4.78, 5) is 25.1. The Kier molecular flexibility index (Phi) is 7.54. The molecule has 0 aromatic heterocycles. The molecule has 0 bridgehead atoms. The second-order valence-electron chi connectivity index (χ2n) is 6.38. The molecule has 0 aromatic rings. The van der Waals surface area contributed by atoms with Crippen LogP contribution >= 0.6 is 0 Å². The Morgan fingerprint density at radius 3 is 2.67 bits per heavy atom. The SMILES string of the molecule is CCCCCCC(C)NC(=O)N1CCC(C)CC1C(=O)O. The maximum Gasteiger partial charge on any atom is 0.326 e. The van der Waals surface area contributed by atoms with Gasteiger partial charge in [-0.05, 0) is 32.1 Å². The van der Waals surface area contributed by atoms with Crippen molar-refractivity contribution in [3.8, 4) is 0 Å². The second kappa shape index (κ2) is 8.90. The van der Waals surface area contributed by atoms with Gasteiger partial charge in [0, 0.05) is 12.6 Å². The summed E-state index contributed by atoms with van der Waals surface area (Å²) in [7, 11) is 0. The Morgan fingerprint density at radius 2 is 2.05 bits per heavy atom. The zero-order valence-electron chi connectivity index (χ0n) is 13.6. The van der Waals surface area contributed by atoms with E-state index >= 15 is 0 Å². The molecule has 5 nitrogen and oxygen atoms in total. The van der Waals surface area contributed by atoms with Gasteiger partial charge >= 0.3 is 12.0 Å². The molecular formula is C16H30N2O3. The molecule has 0 aromatic carbocycles. The van der Waals surface area contributed by atoms with Crippen LogP contribution in [0.3, 0.4) is 0 Å². The number of hydrogen-bond acceptors (Lipinski definition) is 2. The monoisotopic (exact) mass is 298 g/mol. The van der Waals surface area contributed by atoms with E-state index in [0.717, 1.165) is 19.3 Å². The molecule has 122 valence electrons. The van der Waals surface area contributed by atoms with Crippen molar-refractivity contribution in [3.05, 3.63) is 0 Å². The van der Waals surface area contributed by atoms with Crippen LogP contribution < -0.4 is 5.32 Å². The summed E-state index contributed by atoms with van der Waals surface area (Å²) in [5.41, 5.74) is 0. The summed E-state index contributed by atoms with van der Waals surface area (Å²) in [6.45, 7) is 6.74. The molecule has 0 radical (unpaired) electrons. The van der Waals surface area contributed by atoms with E-state index in [0.29, 0.717) is 18.9 Å². The molecular weight excluding hydrogens is 268 g/mol. The van der Waals surface area contributed by atoms with E-state index in [9.17, 15) is 14.7 Å². The van der Waals surface area contributed by atoms with Gasteiger partial charge in [0.1, 0.15) is 6.04 Å². The van der Waals surface area contributed by atoms with E-state index < -0.39 is 12.0 Å². The van der Waals surface area contributed by atoms with Gasteiger partial charge in [-0.2, -0.15) is 0 Å². The fourth-order valence-corrected chi connectivity index (χ4v) is 2.86. The average molecular weight is 298 g/mol. The average Bonchev–Trinajstić information content (AvgIpc) is 2.43. The zero-order valence-corrected chi connectivity index (χ0v) is 13.6. The molecule has 5 heteroatoms. The normalized spacial score (nSPS) is 23.7. The molecule has 2 N–H and O–H groups in total. The number of likely N-dealkylation sites (tertiary alicyclic amines) is 1. The number of urea groups is 1. The first-order valence-corrected chi connectivity index (χ1v) is 8.25. The number of hydrogen-bond donors (Lipinski definition) is 2. The van der Waals surface area contributed by atoms with Gasteiger partial charge in [0.15, 0.2) is 0 Å². The van der Waals surface area contributed by atoms with E-state index in [2.05, 4.69) is 12.2 Å². The molecule has 0 aliphatic carbocycles. The molecule has 0 spiro atoms. The quantitative estimate of drug-likeness (QED) is 0.709. The number of nitrogens with zero attached hydrogens (tertiary/aromatic N) is 1. The van der Waals surface area contributed by atoms with Crippen LogP contribution in [0.4, 0.5) is 4.79 Å². The smallest absolute Gasteiger partial charge is 0.326 e. The molecule has 1 aliphatic heterocycles. The molecule has 1 aliphatic rings. The molecule has 3 unspecified atom stereocenters. The maximum absolute atomic E-state index is 12.3. The van der Waals surface area contributed by atoms with Crippen molar-refractivity contribution in [1.29, 1.82) is 0 Å². The van der Waals surface area contributed by atoms with Crippen LogP contribution in [0.5, 0.6) is 0 Å². The number of unbranched alkanes of at least 4 members (excludes halogenated alkanes) is 3. The number of carbonyl (C=O) groups excluding carboxylic acids is 1. The fourth-order valence-electron chi connectivity index (χ4n) is 2.86. The highest BCUT2D eigenvalue weighted by Crippen LogP contribution is 2.22. The van der Waals surface area contributed by atoms with Crippen molar-refractivity contribution in [1.82, 2.24) is 10.2 Å². The molecule has 3 atom stereocenters. The van der Waals surface area contributed by atoms with Crippen molar-refractivity contribution in [3.63, 3.8) is 0 Å². The Bertz CT molecular complexity index is 346. The van der Waals surface area contributed by atoms with E-state index in [1.807, 2.05) is 13.8 Å². The van der Waals surface area contributed by atoms with Crippen LogP contribution in [0, 0.1) is 5.92 Å². The van der Waals surface area contributed by atoms with E-state index in [4.69, 9.17) is 0 Å². The van der Waals surface area contributed by atoms with Gasteiger partial charge in [0.2, 0.25) is 0 Å². The first kappa shape index (κ1) is 17.8. The van der Waals surface area contributed by atoms with Crippen LogP contribution in [-0.4, -0.2) is 40.6 Å². The van der Waals surface area contributed by atoms with Crippen LogP contribution in [0.2, 0.25) is 0 Å². The van der Waals surface area contributed by atoms with Crippen LogP contribution in [0.25, 0.3) is 0 Å². The van der Waals surface area contributed by atoms with Crippen LogP contribution in [-0.2, 0) is 4.79 Å². The standard InChI is InChI=1S/C16H30N2O3/c1-4-5-6-7-8-13(3)17-16(21)18-10-9-12(2)11-14(18)15(19)20/h12-14H,4-11H2,1-3H3,(H,17,21)(H,19,20). The lowest BCUT2D eigenvalue weighted by Gasteiger charge is -2.36. The summed E-state index contributed by atoms with van der Waals surface area (Å²) in [5.74, 6) is -0.533. The summed E-state index contributed by atoms with van der Waals surface area (Å²) >= 11 is 0. The van der Waals surface area contributed by atoms with Crippen molar-refractivity contribution in [2.45, 2.75) is 77.8 Å². The van der Waals surface area contributed by atoms with Gasteiger partial charge in [-0.15, -0.1) is 0 Å². The van der Waals surface area contributed by atoms with Crippen molar-refractivity contribution in [2.75, 3.05) is 6.54 Å². The number of rotatable bonds is 7. The number of carboxylic acid groups (broad SMARTS) is 1. The largest absolute Gasteiger partial charge is 0.480 e. The minimum Gasteiger partial charge on any atom is -0.480 e. The van der Waals surface area contributed by atoms with E-state index in [1.165, 1.54) is 24.2 Å². The molecule has 1 rings (SSSR count). The highest BCUT2D eigenvalue weighted by atomic mass is 16.4. The summed E-state index contributed by atoms with van der Waals surface area (Å²) in [5, 5.41) is 12.2. The third kappa shape index (κ3) is 5.94. The molecule has 1 heterocycles. The first-order valence-electron chi connectivity index (χ1n) is 8.25. The number of nitrogens with one attached hydrogen (secondary N) is 1. The lowest BCUT2D eigenvalue weighted by atomic mass is 9.93. The molecule has 1 fully saturated rings. The van der Waals surface area contributed by atoms with Gasteiger partial charge in [-0.25, -0.2) is 9.59 Å². The van der Waals surface area contributed by atoms with E-state index in [1.54, 1.807) is 0 Å². The molecule has 21 heavy (non-hydrogen) atoms. The van der Waals surface area contributed by atoms with Gasteiger partial charge in [0.05, 0.1) is 0 Å². The number of amides is 2. The third-order valence-corrected chi connectivity index (χ3v) is 4.27. The van der Waals surface area contributed by atoms with Gasteiger partial charge in [-0.3, -0.25) is 0 Å². The highest BCUT2D eigenvalue weighted by molar-refractivity contribution is 5.83. The predicted octanol–water partition coefficient (Wildman–Crippen LogP) is 3.24. The summed E-state index contributed by atoms with van der Waals surface area (Å²) < 4.78 is 0. The minimum atomic E-state index is -0.896. The van der Waals surface area contributed by atoms with Crippen molar-refractivity contribution >= 4 is 12.0 Å². The summed E-state index contributed by atoms with van der Waals surface area (Å²) in [6, 6.07) is -0.804. The first-order chi connectivity index (χ1) is 9.95. The van der Waals surface area contributed by atoms with Crippen molar-refractivity contribution in [2.24, 2.45) is 5.92 Å². The Morgan fingerprint density at radius 1 is 1.33 bits per heavy atom. The van der Waals surface area contributed by atoms with Crippen molar-refractivity contribution < 1.29 is 14.7 Å². The highest BCUT2D eigenvalue weighted by Gasteiger charge is 2.34. The number of aliphatic carboxylic acids is 1. The van der Waals surface area contributed by atoms with Gasteiger partial charge in [-0.1, -0.05) is 39.5 Å². The van der Waals surface area contributed by atoms with E-state index in [-0.39, 0.29) is 12.1 Å². The fraction of sp³-hybridized carbons (Fsp3) is 0.875. The zero-order chi connectivity index (χ0) is 15.8.